The third-order valence-electron chi connectivity index (χ3n) is 3.07. The SMILES string of the molecule is CNCCCc1nc2cc(F)ccc2n1C(C)C. The van der Waals surface area contributed by atoms with Crippen LogP contribution in [0.2, 0.25) is 0 Å². The predicted molar refractivity (Wildman–Crippen MR) is 72.3 cm³/mol. The molecule has 0 aliphatic carbocycles. The molecule has 2 rings (SSSR count). The van der Waals surface area contributed by atoms with Crippen molar-refractivity contribution in [2.45, 2.75) is 32.7 Å². The zero-order valence-corrected chi connectivity index (χ0v) is 11.2. The van der Waals surface area contributed by atoms with Gasteiger partial charge in [0, 0.05) is 18.5 Å². The first kappa shape index (κ1) is 13.0. The number of benzene rings is 1. The van der Waals surface area contributed by atoms with E-state index in [1.165, 1.54) is 12.1 Å². The van der Waals surface area contributed by atoms with Crippen molar-refractivity contribution in [2.24, 2.45) is 0 Å². The Morgan fingerprint density at radius 2 is 2.17 bits per heavy atom. The molecule has 0 spiro atoms. The van der Waals surface area contributed by atoms with Gasteiger partial charge >= 0.3 is 0 Å². The molecule has 3 nitrogen and oxygen atoms in total. The molecule has 0 atom stereocenters. The van der Waals surface area contributed by atoms with E-state index in [1.54, 1.807) is 0 Å². The van der Waals surface area contributed by atoms with Gasteiger partial charge in [0.2, 0.25) is 0 Å². The number of aryl methyl sites for hydroxylation is 1. The number of halogens is 1. The van der Waals surface area contributed by atoms with Gasteiger partial charge in [0.15, 0.2) is 0 Å². The predicted octanol–water partition coefficient (Wildman–Crippen LogP) is 2.91. The number of nitrogens with zero attached hydrogens (tertiary/aromatic N) is 2. The molecule has 0 saturated carbocycles. The molecule has 1 N–H and O–H groups in total. The molecule has 0 fully saturated rings. The summed E-state index contributed by atoms with van der Waals surface area (Å²) in [7, 11) is 1.95. The van der Waals surface area contributed by atoms with E-state index in [-0.39, 0.29) is 5.82 Å². The summed E-state index contributed by atoms with van der Waals surface area (Å²) in [4.78, 5) is 4.56. The highest BCUT2D eigenvalue weighted by molar-refractivity contribution is 5.76. The van der Waals surface area contributed by atoms with Crippen LogP contribution in [-0.2, 0) is 6.42 Å². The number of nitrogens with one attached hydrogen (secondary N) is 1. The molecule has 2 aromatic rings. The first-order valence-corrected chi connectivity index (χ1v) is 6.44. The highest BCUT2D eigenvalue weighted by Gasteiger charge is 2.13. The van der Waals surface area contributed by atoms with Crippen LogP contribution < -0.4 is 5.32 Å². The fraction of sp³-hybridized carbons (Fsp3) is 0.500. The fourth-order valence-corrected chi connectivity index (χ4v) is 2.30. The normalized spacial score (nSPS) is 11.6. The maximum atomic E-state index is 13.2. The van der Waals surface area contributed by atoms with E-state index >= 15 is 0 Å². The molecule has 4 heteroatoms. The van der Waals surface area contributed by atoms with Gasteiger partial charge in [-0.1, -0.05) is 0 Å². The summed E-state index contributed by atoms with van der Waals surface area (Å²) in [6.07, 6.45) is 1.95. The Labute approximate surface area is 107 Å². The van der Waals surface area contributed by atoms with Crippen molar-refractivity contribution in [3.05, 3.63) is 29.8 Å². The van der Waals surface area contributed by atoms with Gasteiger partial charge in [0.05, 0.1) is 11.0 Å². The van der Waals surface area contributed by atoms with E-state index in [2.05, 4.69) is 28.7 Å². The van der Waals surface area contributed by atoms with Gasteiger partial charge in [-0.2, -0.15) is 0 Å². The fourth-order valence-electron chi connectivity index (χ4n) is 2.30. The minimum Gasteiger partial charge on any atom is -0.325 e. The van der Waals surface area contributed by atoms with Crippen LogP contribution in [0.1, 0.15) is 32.1 Å². The maximum Gasteiger partial charge on any atom is 0.125 e. The van der Waals surface area contributed by atoms with Crippen LogP contribution in [0.3, 0.4) is 0 Å². The molecule has 1 aromatic carbocycles. The molecular weight excluding hydrogens is 229 g/mol. The van der Waals surface area contributed by atoms with E-state index in [1.807, 2.05) is 13.1 Å². The molecule has 0 radical (unpaired) electrons. The molecule has 0 amide bonds. The number of hydrogen-bond donors (Lipinski definition) is 1. The quantitative estimate of drug-likeness (QED) is 0.826. The Hall–Kier alpha value is -1.42. The minimum atomic E-state index is -0.224. The zero-order valence-electron chi connectivity index (χ0n) is 11.2. The van der Waals surface area contributed by atoms with Gasteiger partial charge in [-0.25, -0.2) is 9.37 Å². The third kappa shape index (κ3) is 2.53. The second kappa shape index (κ2) is 5.48. The Morgan fingerprint density at radius 3 is 2.83 bits per heavy atom. The number of aromatic nitrogens is 2. The second-order valence-electron chi connectivity index (χ2n) is 4.83. The van der Waals surface area contributed by atoms with Gasteiger partial charge < -0.3 is 9.88 Å². The number of rotatable bonds is 5. The maximum absolute atomic E-state index is 13.2. The van der Waals surface area contributed by atoms with Crippen molar-refractivity contribution in [1.29, 1.82) is 0 Å². The lowest BCUT2D eigenvalue weighted by Crippen LogP contribution is -2.11. The summed E-state index contributed by atoms with van der Waals surface area (Å²) in [6, 6.07) is 5.17. The van der Waals surface area contributed by atoms with Crippen LogP contribution in [0.4, 0.5) is 4.39 Å². The third-order valence-corrected chi connectivity index (χ3v) is 3.07. The van der Waals surface area contributed by atoms with Crippen molar-refractivity contribution in [2.75, 3.05) is 13.6 Å². The smallest absolute Gasteiger partial charge is 0.125 e. The van der Waals surface area contributed by atoms with Crippen LogP contribution in [0.25, 0.3) is 11.0 Å². The van der Waals surface area contributed by atoms with E-state index in [0.29, 0.717) is 6.04 Å². The Kier molecular flexibility index (Phi) is 3.97. The summed E-state index contributed by atoms with van der Waals surface area (Å²) in [5.74, 6) is 0.818. The van der Waals surface area contributed by atoms with Gasteiger partial charge in [-0.15, -0.1) is 0 Å². The standard InChI is InChI=1S/C14H20FN3/c1-10(2)18-13-7-6-11(15)9-12(13)17-14(18)5-4-8-16-3/h6-7,9-10,16H,4-5,8H2,1-3H3. The van der Waals surface area contributed by atoms with Gasteiger partial charge in [-0.3, -0.25) is 0 Å². The first-order valence-electron chi connectivity index (χ1n) is 6.44. The summed E-state index contributed by atoms with van der Waals surface area (Å²) in [5, 5.41) is 3.13. The Balaban J connectivity index is 2.41. The van der Waals surface area contributed by atoms with E-state index in [9.17, 15) is 4.39 Å². The van der Waals surface area contributed by atoms with Crippen LogP contribution >= 0.6 is 0 Å². The van der Waals surface area contributed by atoms with E-state index in [0.717, 1.165) is 36.2 Å². The molecule has 0 bridgehead atoms. The van der Waals surface area contributed by atoms with Crippen LogP contribution in [0.15, 0.2) is 18.2 Å². The monoisotopic (exact) mass is 249 g/mol. The average molecular weight is 249 g/mol. The molecule has 1 aromatic heterocycles. The molecular formula is C14H20FN3. The summed E-state index contributed by atoms with van der Waals surface area (Å²) in [6.45, 7) is 5.23. The van der Waals surface area contributed by atoms with Gasteiger partial charge in [0.1, 0.15) is 11.6 Å². The number of imidazole rings is 1. The summed E-state index contributed by atoms with van der Waals surface area (Å²) >= 11 is 0. The molecule has 18 heavy (non-hydrogen) atoms. The lowest BCUT2D eigenvalue weighted by atomic mass is 10.2. The highest BCUT2D eigenvalue weighted by atomic mass is 19.1. The van der Waals surface area contributed by atoms with Crippen LogP contribution in [0, 0.1) is 5.82 Å². The topological polar surface area (TPSA) is 29.9 Å². The van der Waals surface area contributed by atoms with E-state index < -0.39 is 0 Å². The second-order valence-corrected chi connectivity index (χ2v) is 4.83. The van der Waals surface area contributed by atoms with Crippen molar-refractivity contribution < 1.29 is 4.39 Å². The lowest BCUT2D eigenvalue weighted by Gasteiger charge is -2.12. The summed E-state index contributed by atoms with van der Waals surface area (Å²) < 4.78 is 15.4. The first-order chi connectivity index (χ1) is 8.63. The van der Waals surface area contributed by atoms with E-state index in [4.69, 9.17) is 0 Å². The largest absolute Gasteiger partial charge is 0.325 e. The van der Waals surface area contributed by atoms with Crippen LogP contribution in [-0.4, -0.2) is 23.1 Å². The molecule has 0 aliphatic rings. The minimum absolute atomic E-state index is 0.224. The highest BCUT2D eigenvalue weighted by Crippen LogP contribution is 2.22. The number of hydrogen-bond acceptors (Lipinski definition) is 2. The molecule has 0 unspecified atom stereocenters. The van der Waals surface area contributed by atoms with Crippen LogP contribution in [0.5, 0.6) is 0 Å². The Bertz CT molecular complexity index is 531. The zero-order chi connectivity index (χ0) is 13.1. The molecule has 98 valence electrons. The van der Waals surface area contributed by atoms with Crippen molar-refractivity contribution in [1.82, 2.24) is 14.9 Å². The van der Waals surface area contributed by atoms with Gasteiger partial charge in [-0.05, 0) is 46.0 Å². The Morgan fingerprint density at radius 1 is 1.39 bits per heavy atom. The van der Waals surface area contributed by atoms with Crippen molar-refractivity contribution in [3.63, 3.8) is 0 Å². The van der Waals surface area contributed by atoms with Crippen molar-refractivity contribution in [3.8, 4) is 0 Å². The average Bonchev–Trinajstić information content (AvgIpc) is 2.66. The van der Waals surface area contributed by atoms with Crippen molar-refractivity contribution >= 4 is 11.0 Å². The molecule has 1 heterocycles. The lowest BCUT2D eigenvalue weighted by molar-refractivity contribution is 0.571. The molecule has 0 aliphatic heterocycles. The molecule has 0 saturated heterocycles. The van der Waals surface area contributed by atoms with Gasteiger partial charge in [0.25, 0.3) is 0 Å². The number of fused-ring (bicyclic) bond motifs is 1. The summed E-state index contributed by atoms with van der Waals surface area (Å²) in [5.41, 5.74) is 1.77.